The Hall–Kier alpha value is -4.15. The summed E-state index contributed by atoms with van der Waals surface area (Å²) in [6.45, 7) is 0. The molecule has 4 aromatic rings. The number of esters is 1. The molecule has 0 saturated carbocycles. The van der Waals surface area contributed by atoms with Crippen molar-refractivity contribution >= 4 is 5.97 Å². The predicted octanol–water partition coefficient (Wildman–Crippen LogP) is 7.07. The largest absolute Gasteiger partial charge is 0.454 e. The summed E-state index contributed by atoms with van der Waals surface area (Å²) in [5.41, 5.74) is 4.81. The van der Waals surface area contributed by atoms with E-state index in [0.29, 0.717) is 24.4 Å². The molecule has 4 heteroatoms. The maximum atomic E-state index is 12.7. The quantitative estimate of drug-likeness (QED) is 0.198. The van der Waals surface area contributed by atoms with Gasteiger partial charge in [0, 0.05) is 11.8 Å². The Kier molecular flexibility index (Phi) is 9.44. The van der Waals surface area contributed by atoms with Gasteiger partial charge < -0.3 is 14.6 Å². The van der Waals surface area contributed by atoms with Crippen LogP contribution in [0.5, 0.6) is 0 Å². The fourth-order valence-corrected chi connectivity index (χ4v) is 5.44. The van der Waals surface area contributed by atoms with Crippen molar-refractivity contribution in [1.29, 1.82) is 0 Å². The van der Waals surface area contributed by atoms with Gasteiger partial charge in [0.15, 0.2) is 0 Å². The van der Waals surface area contributed by atoms with Gasteiger partial charge in [-0.2, -0.15) is 0 Å². The van der Waals surface area contributed by atoms with Gasteiger partial charge in [-0.25, -0.2) is 4.79 Å². The molecule has 0 spiro atoms. The maximum absolute atomic E-state index is 12.7. The van der Waals surface area contributed by atoms with Crippen molar-refractivity contribution in [2.45, 2.75) is 44.8 Å². The molecule has 0 amide bonds. The van der Waals surface area contributed by atoms with E-state index in [4.69, 9.17) is 9.47 Å². The topological polar surface area (TPSA) is 55.8 Å². The van der Waals surface area contributed by atoms with Crippen molar-refractivity contribution in [3.05, 3.63) is 155 Å². The van der Waals surface area contributed by atoms with E-state index in [1.807, 2.05) is 72.8 Å². The minimum absolute atomic E-state index is 0.0737. The zero-order valence-corrected chi connectivity index (χ0v) is 22.7. The summed E-state index contributed by atoms with van der Waals surface area (Å²) in [7, 11) is 0. The van der Waals surface area contributed by atoms with E-state index in [0.717, 1.165) is 25.7 Å². The second kappa shape index (κ2) is 13.8. The number of cyclic esters (lactones) is 1. The van der Waals surface area contributed by atoms with Crippen LogP contribution in [0.15, 0.2) is 133 Å². The Morgan fingerprint density at radius 1 is 0.550 bits per heavy atom. The molecule has 0 aromatic heterocycles. The van der Waals surface area contributed by atoms with Crippen LogP contribution < -0.4 is 0 Å². The Morgan fingerprint density at radius 3 is 1.35 bits per heavy atom. The van der Waals surface area contributed by atoms with Crippen LogP contribution in [0.25, 0.3) is 0 Å². The third kappa shape index (κ3) is 7.49. The van der Waals surface area contributed by atoms with Crippen LogP contribution in [-0.2, 0) is 40.0 Å². The lowest BCUT2D eigenvalue weighted by atomic mass is 9.85. The van der Waals surface area contributed by atoms with E-state index in [1.54, 1.807) is 0 Å². The van der Waals surface area contributed by atoms with Gasteiger partial charge in [-0.15, -0.1) is 0 Å². The zero-order valence-electron chi connectivity index (χ0n) is 22.7. The van der Waals surface area contributed by atoms with Gasteiger partial charge in [0.2, 0.25) is 0 Å². The van der Waals surface area contributed by atoms with Gasteiger partial charge in [0.1, 0.15) is 11.5 Å². The molecule has 1 aliphatic heterocycles. The average molecular weight is 533 g/mol. The molecule has 0 saturated heterocycles. The first-order valence-corrected chi connectivity index (χ1v) is 14.1. The van der Waals surface area contributed by atoms with Gasteiger partial charge in [0.05, 0.1) is 0 Å². The molecule has 3 unspecified atom stereocenters. The molecule has 5 rings (SSSR count). The number of carbonyl (C=O) groups is 1. The summed E-state index contributed by atoms with van der Waals surface area (Å²) >= 11 is 0. The van der Waals surface area contributed by atoms with Crippen molar-refractivity contribution in [2.24, 2.45) is 11.8 Å². The molecular weight excluding hydrogens is 496 g/mol. The third-order valence-electron chi connectivity index (χ3n) is 7.53. The summed E-state index contributed by atoms with van der Waals surface area (Å²) < 4.78 is 12.0. The van der Waals surface area contributed by atoms with E-state index in [9.17, 15) is 9.90 Å². The second-order valence-corrected chi connectivity index (χ2v) is 10.4. The molecule has 4 aromatic carbocycles. The fraction of sp³-hybridized carbons (Fsp3) is 0.250. The summed E-state index contributed by atoms with van der Waals surface area (Å²) in [6, 6.07) is 41.3. The van der Waals surface area contributed by atoms with Crippen LogP contribution in [0.1, 0.15) is 35.1 Å². The summed E-state index contributed by atoms with van der Waals surface area (Å²) in [6.07, 6.45) is 3.04. The number of carbonyl (C=O) groups excluding carboxylic acids is 1. The number of hydrogen-bond donors (Lipinski definition) is 1. The number of rotatable bonds is 12. The highest BCUT2D eigenvalue weighted by Gasteiger charge is 2.37. The SMILES string of the molecule is O=C1OC(C(CCc2ccccc2)Cc2ccccc2)=C(C(CCc2ccccc2)Cc2ccccc2)OC1O. The average Bonchev–Trinajstić information content (AvgIpc) is 3.01. The Labute approximate surface area is 236 Å². The van der Waals surface area contributed by atoms with E-state index < -0.39 is 12.3 Å². The van der Waals surface area contributed by atoms with Crippen LogP contribution in [-0.4, -0.2) is 17.4 Å². The fourth-order valence-electron chi connectivity index (χ4n) is 5.44. The number of aliphatic hydroxyl groups is 1. The first kappa shape index (κ1) is 27.4. The minimum Gasteiger partial charge on any atom is -0.454 e. The normalized spacial score (nSPS) is 16.6. The maximum Gasteiger partial charge on any atom is 0.381 e. The number of benzene rings is 4. The van der Waals surface area contributed by atoms with Crippen LogP contribution in [0, 0.1) is 11.8 Å². The highest BCUT2D eigenvalue weighted by atomic mass is 16.7. The number of ether oxygens (including phenoxy) is 2. The molecule has 1 aliphatic rings. The van der Waals surface area contributed by atoms with Crippen LogP contribution in [0.2, 0.25) is 0 Å². The third-order valence-corrected chi connectivity index (χ3v) is 7.53. The molecular formula is C36H36O4. The number of hydrogen-bond acceptors (Lipinski definition) is 4. The number of aryl methyl sites for hydroxylation is 2. The highest BCUT2D eigenvalue weighted by Crippen LogP contribution is 2.36. The predicted molar refractivity (Wildman–Crippen MR) is 157 cm³/mol. The van der Waals surface area contributed by atoms with Crippen molar-refractivity contribution in [1.82, 2.24) is 0 Å². The van der Waals surface area contributed by atoms with Crippen molar-refractivity contribution in [3.63, 3.8) is 0 Å². The van der Waals surface area contributed by atoms with E-state index >= 15 is 0 Å². The van der Waals surface area contributed by atoms with E-state index in [1.165, 1.54) is 22.3 Å². The molecule has 0 fully saturated rings. The molecule has 204 valence electrons. The highest BCUT2D eigenvalue weighted by molar-refractivity contribution is 5.75. The standard InChI is InChI=1S/C36H36O4/c37-35-36(38)40-34(32(26-30-19-11-4-12-20-30)24-22-28-15-7-2-8-16-28)33(39-35)31(25-29-17-9-3-10-18-29)23-21-27-13-5-1-6-14-27/h1-20,31-32,35,37H,21-26H2. The summed E-state index contributed by atoms with van der Waals surface area (Å²) in [5, 5.41) is 10.5. The van der Waals surface area contributed by atoms with Gasteiger partial charge in [-0.05, 0) is 60.8 Å². The van der Waals surface area contributed by atoms with Crippen LogP contribution in [0.4, 0.5) is 0 Å². The molecule has 40 heavy (non-hydrogen) atoms. The second-order valence-electron chi connectivity index (χ2n) is 10.4. The van der Waals surface area contributed by atoms with Gasteiger partial charge in [-0.3, -0.25) is 0 Å². The molecule has 0 radical (unpaired) electrons. The van der Waals surface area contributed by atoms with Gasteiger partial charge >= 0.3 is 5.97 Å². The molecule has 0 bridgehead atoms. The van der Waals surface area contributed by atoms with Crippen molar-refractivity contribution < 1.29 is 19.4 Å². The van der Waals surface area contributed by atoms with Gasteiger partial charge in [-0.1, -0.05) is 121 Å². The zero-order chi connectivity index (χ0) is 27.6. The molecule has 4 nitrogen and oxygen atoms in total. The van der Waals surface area contributed by atoms with Gasteiger partial charge in [0.25, 0.3) is 6.29 Å². The minimum atomic E-state index is -1.62. The molecule has 0 aliphatic carbocycles. The summed E-state index contributed by atoms with van der Waals surface area (Å²) in [5.74, 6) is 0.238. The molecule has 1 heterocycles. The van der Waals surface area contributed by atoms with E-state index in [2.05, 4.69) is 48.5 Å². The van der Waals surface area contributed by atoms with Crippen LogP contribution in [0.3, 0.4) is 0 Å². The van der Waals surface area contributed by atoms with E-state index in [-0.39, 0.29) is 11.8 Å². The lowest BCUT2D eigenvalue weighted by Crippen LogP contribution is -2.36. The lowest BCUT2D eigenvalue weighted by molar-refractivity contribution is -0.184. The Morgan fingerprint density at radius 2 is 0.925 bits per heavy atom. The first-order valence-electron chi connectivity index (χ1n) is 14.1. The number of allylic oxidation sites excluding steroid dienone is 2. The Bertz CT molecular complexity index is 1370. The smallest absolute Gasteiger partial charge is 0.381 e. The lowest BCUT2D eigenvalue weighted by Gasteiger charge is -2.33. The van der Waals surface area contributed by atoms with Crippen molar-refractivity contribution in [3.8, 4) is 0 Å². The molecule has 1 N–H and O–H groups in total. The Balaban J connectivity index is 1.52. The number of aliphatic hydroxyl groups excluding tert-OH is 1. The summed E-state index contributed by atoms with van der Waals surface area (Å²) in [4.78, 5) is 12.7. The van der Waals surface area contributed by atoms with Crippen molar-refractivity contribution in [2.75, 3.05) is 0 Å². The van der Waals surface area contributed by atoms with Crippen LogP contribution >= 0.6 is 0 Å². The first-order chi connectivity index (χ1) is 19.7. The monoisotopic (exact) mass is 532 g/mol. The molecule has 3 atom stereocenters.